The minimum absolute atomic E-state index is 0.0377. The second-order valence-corrected chi connectivity index (χ2v) is 7.29. The van der Waals surface area contributed by atoms with E-state index in [4.69, 9.17) is 0 Å². The molecule has 2 nitrogen and oxygen atoms in total. The van der Waals surface area contributed by atoms with E-state index in [0.717, 1.165) is 30.0 Å². The molecule has 0 radical (unpaired) electrons. The molecule has 1 atom stereocenters. The quantitative estimate of drug-likeness (QED) is 0.836. The summed E-state index contributed by atoms with van der Waals surface area (Å²) < 4.78 is 0. The van der Waals surface area contributed by atoms with Gasteiger partial charge < -0.3 is 5.32 Å². The zero-order valence-electron chi connectivity index (χ0n) is 13.5. The van der Waals surface area contributed by atoms with Crippen LogP contribution in [0.4, 0.5) is 5.69 Å². The Morgan fingerprint density at radius 3 is 2.86 bits per heavy atom. The molecule has 3 heteroatoms. The zero-order valence-corrected chi connectivity index (χ0v) is 14.3. The Morgan fingerprint density at radius 2 is 2.14 bits per heavy atom. The van der Waals surface area contributed by atoms with Crippen molar-refractivity contribution in [3.63, 3.8) is 0 Å². The maximum Gasteiger partial charge on any atom is 0.256 e. The maximum absolute atomic E-state index is 12.6. The number of carbonyl (C=O) groups is 1. The molecule has 2 aromatic rings. The first-order chi connectivity index (χ1) is 10.6. The van der Waals surface area contributed by atoms with Crippen molar-refractivity contribution in [2.45, 2.75) is 46.5 Å². The number of rotatable bonds is 3. The van der Waals surface area contributed by atoms with Crippen LogP contribution in [0, 0.1) is 19.8 Å². The Kier molecular flexibility index (Phi) is 4.34. The average molecular weight is 313 g/mol. The van der Waals surface area contributed by atoms with E-state index in [9.17, 15) is 4.79 Å². The van der Waals surface area contributed by atoms with Crippen LogP contribution >= 0.6 is 11.3 Å². The van der Waals surface area contributed by atoms with Crippen molar-refractivity contribution < 1.29 is 4.79 Å². The van der Waals surface area contributed by atoms with Gasteiger partial charge in [0, 0.05) is 15.9 Å². The van der Waals surface area contributed by atoms with E-state index in [1.54, 1.807) is 11.3 Å². The SMILES string of the molecule is CCC1CCc2c(C(=O)Nc3ccc(C)c(C)c3)csc2C1. The molecule has 1 aliphatic rings. The Morgan fingerprint density at radius 1 is 1.32 bits per heavy atom. The highest BCUT2D eigenvalue weighted by Gasteiger charge is 2.24. The monoisotopic (exact) mass is 313 g/mol. The molecule has 1 aromatic carbocycles. The highest BCUT2D eigenvalue weighted by atomic mass is 32.1. The van der Waals surface area contributed by atoms with Gasteiger partial charge >= 0.3 is 0 Å². The van der Waals surface area contributed by atoms with Gasteiger partial charge in [0.05, 0.1) is 5.56 Å². The maximum atomic E-state index is 12.6. The summed E-state index contributed by atoms with van der Waals surface area (Å²) in [4.78, 5) is 14.0. The smallest absolute Gasteiger partial charge is 0.256 e. The highest BCUT2D eigenvalue weighted by Crippen LogP contribution is 2.34. The van der Waals surface area contributed by atoms with Crippen molar-refractivity contribution in [2.24, 2.45) is 5.92 Å². The van der Waals surface area contributed by atoms with Gasteiger partial charge in [-0.25, -0.2) is 0 Å². The van der Waals surface area contributed by atoms with Gasteiger partial charge in [0.2, 0.25) is 0 Å². The van der Waals surface area contributed by atoms with Crippen molar-refractivity contribution in [2.75, 3.05) is 5.32 Å². The van der Waals surface area contributed by atoms with Crippen LogP contribution in [-0.4, -0.2) is 5.91 Å². The topological polar surface area (TPSA) is 29.1 Å². The average Bonchev–Trinajstić information content (AvgIpc) is 2.94. The van der Waals surface area contributed by atoms with Gasteiger partial charge in [-0.2, -0.15) is 0 Å². The summed E-state index contributed by atoms with van der Waals surface area (Å²) in [5.74, 6) is 0.831. The Balaban J connectivity index is 1.79. The molecule has 0 fully saturated rings. The third kappa shape index (κ3) is 2.95. The van der Waals surface area contributed by atoms with Gasteiger partial charge in [-0.05, 0) is 67.9 Å². The molecule has 0 saturated heterocycles. The summed E-state index contributed by atoms with van der Waals surface area (Å²) >= 11 is 1.75. The second kappa shape index (κ2) is 6.25. The van der Waals surface area contributed by atoms with E-state index in [0.29, 0.717) is 0 Å². The summed E-state index contributed by atoms with van der Waals surface area (Å²) in [6, 6.07) is 6.07. The van der Waals surface area contributed by atoms with E-state index in [1.165, 1.54) is 34.4 Å². The fourth-order valence-corrected chi connectivity index (χ4v) is 4.33. The van der Waals surface area contributed by atoms with E-state index in [-0.39, 0.29) is 5.91 Å². The molecule has 1 N–H and O–H groups in total. The van der Waals surface area contributed by atoms with Gasteiger partial charge in [-0.15, -0.1) is 11.3 Å². The second-order valence-electron chi connectivity index (χ2n) is 6.32. The molecule has 1 aliphatic carbocycles. The number of amides is 1. The summed E-state index contributed by atoms with van der Waals surface area (Å²) in [5, 5.41) is 5.10. The number of nitrogens with one attached hydrogen (secondary N) is 1. The first-order valence-corrected chi connectivity index (χ1v) is 8.94. The minimum Gasteiger partial charge on any atom is -0.322 e. The number of carbonyl (C=O) groups excluding carboxylic acids is 1. The van der Waals surface area contributed by atoms with Gasteiger partial charge in [0.25, 0.3) is 5.91 Å². The van der Waals surface area contributed by atoms with Crippen molar-refractivity contribution in [1.82, 2.24) is 0 Å². The molecule has 1 aromatic heterocycles. The number of fused-ring (bicyclic) bond motifs is 1. The summed E-state index contributed by atoms with van der Waals surface area (Å²) in [5.41, 5.74) is 5.51. The normalized spacial score (nSPS) is 17.1. The van der Waals surface area contributed by atoms with Crippen LogP contribution in [0.3, 0.4) is 0 Å². The standard InChI is InChI=1S/C19H23NOS/c1-4-14-6-8-16-17(11-22-18(16)10-14)19(21)20-15-7-5-12(2)13(3)9-15/h5,7,9,11,14H,4,6,8,10H2,1-3H3,(H,20,21). The molecular formula is C19H23NOS. The van der Waals surface area contributed by atoms with Gasteiger partial charge in [0.1, 0.15) is 0 Å². The Bertz CT molecular complexity index is 701. The number of aryl methyl sites for hydroxylation is 2. The predicted molar refractivity (Wildman–Crippen MR) is 94.0 cm³/mol. The number of hydrogen-bond acceptors (Lipinski definition) is 2. The van der Waals surface area contributed by atoms with Crippen molar-refractivity contribution >= 4 is 22.9 Å². The summed E-state index contributed by atoms with van der Waals surface area (Å²) in [6.45, 7) is 6.42. The fraction of sp³-hybridized carbons (Fsp3) is 0.421. The first-order valence-electron chi connectivity index (χ1n) is 8.06. The largest absolute Gasteiger partial charge is 0.322 e. The van der Waals surface area contributed by atoms with Crippen molar-refractivity contribution in [1.29, 1.82) is 0 Å². The van der Waals surface area contributed by atoms with E-state index >= 15 is 0 Å². The molecule has 1 heterocycles. The van der Waals surface area contributed by atoms with Crippen LogP contribution in [0.5, 0.6) is 0 Å². The number of anilines is 1. The molecule has 0 aliphatic heterocycles. The number of thiophene rings is 1. The van der Waals surface area contributed by atoms with E-state index in [2.05, 4.69) is 32.2 Å². The minimum atomic E-state index is 0.0377. The molecule has 3 rings (SSSR count). The van der Waals surface area contributed by atoms with Gasteiger partial charge in [0.15, 0.2) is 0 Å². The molecule has 1 amide bonds. The summed E-state index contributed by atoms with van der Waals surface area (Å²) in [6.07, 6.45) is 4.64. The van der Waals surface area contributed by atoms with Crippen LogP contribution in [0.1, 0.15) is 51.7 Å². The van der Waals surface area contributed by atoms with Gasteiger partial charge in [-0.1, -0.05) is 19.4 Å². The molecule has 0 saturated carbocycles. The van der Waals surface area contributed by atoms with Crippen molar-refractivity contribution in [3.8, 4) is 0 Å². The number of benzene rings is 1. The third-order valence-corrected chi connectivity index (χ3v) is 5.90. The Hall–Kier alpha value is -1.61. The Labute approximate surface area is 136 Å². The van der Waals surface area contributed by atoms with E-state index in [1.807, 2.05) is 17.5 Å². The van der Waals surface area contributed by atoms with Crippen molar-refractivity contribution in [3.05, 3.63) is 50.7 Å². The molecule has 0 spiro atoms. The highest BCUT2D eigenvalue weighted by molar-refractivity contribution is 7.10. The summed E-state index contributed by atoms with van der Waals surface area (Å²) in [7, 11) is 0. The van der Waals surface area contributed by atoms with Crippen LogP contribution < -0.4 is 5.32 Å². The van der Waals surface area contributed by atoms with E-state index < -0.39 is 0 Å². The fourth-order valence-electron chi connectivity index (χ4n) is 3.14. The number of hydrogen-bond donors (Lipinski definition) is 1. The van der Waals surface area contributed by atoms with Crippen LogP contribution in [0.25, 0.3) is 0 Å². The molecule has 116 valence electrons. The lowest BCUT2D eigenvalue weighted by atomic mass is 9.86. The third-order valence-electron chi connectivity index (χ3n) is 4.84. The van der Waals surface area contributed by atoms with Crippen LogP contribution in [0.15, 0.2) is 23.6 Å². The lowest BCUT2D eigenvalue weighted by Crippen LogP contribution is -2.17. The predicted octanol–water partition coefficient (Wildman–Crippen LogP) is 5.13. The first kappa shape index (κ1) is 15.3. The molecule has 0 bridgehead atoms. The van der Waals surface area contributed by atoms with Crippen LogP contribution in [0.2, 0.25) is 0 Å². The molecule has 22 heavy (non-hydrogen) atoms. The van der Waals surface area contributed by atoms with Crippen LogP contribution in [-0.2, 0) is 12.8 Å². The van der Waals surface area contributed by atoms with Gasteiger partial charge in [-0.3, -0.25) is 4.79 Å². The molecule has 1 unspecified atom stereocenters. The lowest BCUT2D eigenvalue weighted by molar-refractivity contribution is 0.102. The molecular weight excluding hydrogens is 290 g/mol. The zero-order chi connectivity index (χ0) is 15.7. The lowest BCUT2D eigenvalue weighted by Gasteiger charge is -2.21.